The summed E-state index contributed by atoms with van der Waals surface area (Å²) >= 11 is 3.44. The van der Waals surface area contributed by atoms with E-state index in [2.05, 4.69) is 29.8 Å². The summed E-state index contributed by atoms with van der Waals surface area (Å²) in [5.41, 5.74) is 1.52. The Bertz CT molecular complexity index is 879. The van der Waals surface area contributed by atoms with Crippen LogP contribution in [0.15, 0.2) is 53.0 Å². The van der Waals surface area contributed by atoms with Gasteiger partial charge in [0.25, 0.3) is 5.91 Å². The molecule has 0 aliphatic rings. The molecule has 0 radical (unpaired) electrons. The molecule has 0 spiro atoms. The zero-order valence-corrected chi connectivity index (χ0v) is 18.1. The number of hydrogen-bond donors (Lipinski definition) is 0. The third-order valence-electron chi connectivity index (χ3n) is 3.85. The van der Waals surface area contributed by atoms with Crippen molar-refractivity contribution in [1.82, 2.24) is 4.90 Å². The van der Waals surface area contributed by atoms with Gasteiger partial charge in [-0.25, -0.2) is 0 Å². The molecule has 2 aromatic carbocycles. The predicted molar refractivity (Wildman–Crippen MR) is 110 cm³/mol. The highest BCUT2D eigenvalue weighted by molar-refractivity contribution is 9.10. The average Bonchev–Trinajstić information content (AvgIpc) is 2.62. The highest BCUT2D eigenvalue weighted by atomic mass is 79.9. The minimum absolute atomic E-state index is 0.0509. The normalized spacial score (nSPS) is 11.4. The molecule has 0 heterocycles. The van der Waals surface area contributed by atoms with Crippen molar-refractivity contribution in [3.8, 4) is 5.75 Å². The Morgan fingerprint density at radius 1 is 1.11 bits per heavy atom. The maximum Gasteiger partial charge on any atom is 0.308 e. The summed E-state index contributed by atoms with van der Waals surface area (Å²) in [5.74, 6) is 0.448. The smallest absolute Gasteiger partial charge is 0.308 e. The molecule has 0 fully saturated rings. The largest absolute Gasteiger partial charge is 0.382 e. The Hall–Kier alpha value is -1.86. The van der Waals surface area contributed by atoms with Crippen LogP contribution in [-0.4, -0.2) is 31.5 Å². The summed E-state index contributed by atoms with van der Waals surface area (Å²) in [7, 11) is -3.55. The molecule has 27 heavy (non-hydrogen) atoms. The van der Waals surface area contributed by atoms with Gasteiger partial charge in [0.1, 0.15) is 5.75 Å². The second-order valence-electron chi connectivity index (χ2n) is 6.63. The first-order chi connectivity index (χ1) is 12.7. The molecule has 0 atom stereocenters. The first-order valence-electron chi connectivity index (χ1n) is 8.76. The van der Waals surface area contributed by atoms with Crippen molar-refractivity contribution in [2.75, 3.05) is 12.3 Å². The van der Waals surface area contributed by atoms with Crippen molar-refractivity contribution in [3.05, 3.63) is 64.1 Å². The fraction of sp³-hybridized carbons (Fsp3) is 0.350. The molecule has 1 amide bonds. The van der Waals surface area contributed by atoms with Gasteiger partial charge in [0.05, 0.1) is 11.3 Å². The molecule has 146 valence electrons. The second-order valence-corrected chi connectivity index (χ2v) is 9.35. The lowest BCUT2D eigenvalue weighted by Crippen LogP contribution is -2.34. The summed E-state index contributed by atoms with van der Waals surface area (Å²) in [5, 5.41) is 0. The van der Waals surface area contributed by atoms with Crippen LogP contribution in [0, 0.1) is 5.92 Å². The minimum Gasteiger partial charge on any atom is -0.382 e. The van der Waals surface area contributed by atoms with Gasteiger partial charge < -0.3 is 9.08 Å². The number of hydrogen-bond acceptors (Lipinski definition) is 4. The van der Waals surface area contributed by atoms with E-state index in [1.807, 2.05) is 18.2 Å². The third-order valence-corrected chi connectivity index (χ3v) is 5.70. The van der Waals surface area contributed by atoms with Crippen molar-refractivity contribution in [2.45, 2.75) is 27.3 Å². The van der Waals surface area contributed by atoms with E-state index < -0.39 is 10.1 Å². The van der Waals surface area contributed by atoms with Crippen molar-refractivity contribution in [3.63, 3.8) is 0 Å². The van der Waals surface area contributed by atoms with Crippen LogP contribution in [0.4, 0.5) is 0 Å². The maximum absolute atomic E-state index is 13.0. The quantitative estimate of drug-likeness (QED) is 0.552. The van der Waals surface area contributed by atoms with Crippen molar-refractivity contribution in [1.29, 1.82) is 0 Å². The SMILES string of the molecule is CCS(=O)(=O)Oc1ccc(CN(CC(C)C)C(=O)c2ccccc2Br)cc1. The molecule has 5 nitrogen and oxygen atoms in total. The maximum atomic E-state index is 13.0. The Labute approximate surface area is 169 Å². The lowest BCUT2D eigenvalue weighted by atomic mass is 10.1. The van der Waals surface area contributed by atoms with Gasteiger partial charge in [-0.05, 0) is 58.6 Å². The fourth-order valence-corrected chi connectivity index (χ4v) is 3.52. The fourth-order valence-electron chi connectivity index (χ4n) is 2.54. The molecule has 0 aliphatic carbocycles. The van der Waals surface area contributed by atoms with Gasteiger partial charge in [-0.15, -0.1) is 0 Å². The monoisotopic (exact) mass is 453 g/mol. The van der Waals surface area contributed by atoms with Gasteiger partial charge >= 0.3 is 10.1 Å². The van der Waals surface area contributed by atoms with Crippen molar-refractivity contribution >= 4 is 32.0 Å². The third kappa shape index (κ3) is 6.36. The van der Waals surface area contributed by atoms with Crippen LogP contribution in [-0.2, 0) is 16.7 Å². The molecule has 0 saturated heterocycles. The number of carbonyl (C=O) groups is 1. The summed E-state index contributed by atoms with van der Waals surface area (Å²) < 4.78 is 28.9. The number of carbonyl (C=O) groups excluding carboxylic acids is 1. The lowest BCUT2D eigenvalue weighted by molar-refractivity contribution is 0.0721. The summed E-state index contributed by atoms with van der Waals surface area (Å²) in [6, 6.07) is 14.1. The van der Waals surface area contributed by atoms with E-state index in [-0.39, 0.29) is 17.4 Å². The number of benzene rings is 2. The van der Waals surface area contributed by atoms with Crippen LogP contribution in [0.5, 0.6) is 5.75 Å². The Morgan fingerprint density at radius 3 is 2.30 bits per heavy atom. The number of amides is 1. The molecule has 0 saturated carbocycles. The number of nitrogens with zero attached hydrogens (tertiary/aromatic N) is 1. The van der Waals surface area contributed by atoms with Gasteiger partial charge in [0, 0.05) is 17.6 Å². The lowest BCUT2D eigenvalue weighted by Gasteiger charge is -2.25. The van der Waals surface area contributed by atoms with E-state index in [4.69, 9.17) is 4.18 Å². The van der Waals surface area contributed by atoms with Crippen LogP contribution in [0.3, 0.4) is 0 Å². The molecule has 2 aromatic rings. The van der Waals surface area contributed by atoms with Crippen LogP contribution in [0.25, 0.3) is 0 Å². The summed E-state index contributed by atoms with van der Waals surface area (Å²) in [6.45, 7) is 6.70. The van der Waals surface area contributed by atoms with E-state index in [1.54, 1.807) is 35.2 Å². The van der Waals surface area contributed by atoms with Gasteiger partial charge in [0.2, 0.25) is 0 Å². The second kappa shape index (κ2) is 9.37. The van der Waals surface area contributed by atoms with E-state index in [0.29, 0.717) is 24.6 Å². The van der Waals surface area contributed by atoms with Crippen LogP contribution in [0.1, 0.15) is 36.7 Å². The Morgan fingerprint density at radius 2 is 1.74 bits per heavy atom. The van der Waals surface area contributed by atoms with Crippen molar-refractivity contribution < 1.29 is 17.4 Å². The molecule has 0 N–H and O–H groups in total. The molecule has 0 aliphatic heterocycles. The first-order valence-corrected chi connectivity index (χ1v) is 11.1. The summed E-state index contributed by atoms with van der Waals surface area (Å²) in [4.78, 5) is 14.8. The van der Waals surface area contributed by atoms with Crippen LogP contribution >= 0.6 is 15.9 Å². The average molecular weight is 454 g/mol. The molecule has 0 aromatic heterocycles. The highest BCUT2D eigenvalue weighted by Gasteiger charge is 2.19. The van der Waals surface area contributed by atoms with Gasteiger partial charge in [-0.2, -0.15) is 8.42 Å². The molecular formula is C20H24BrNO4S. The van der Waals surface area contributed by atoms with Crippen LogP contribution < -0.4 is 4.18 Å². The zero-order chi connectivity index (χ0) is 20.0. The first kappa shape index (κ1) is 21.4. The number of halogens is 1. The highest BCUT2D eigenvalue weighted by Crippen LogP contribution is 2.21. The van der Waals surface area contributed by atoms with Crippen molar-refractivity contribution in [2.24, 2.45) is 5.92 Å². The van der Waals surface area contributed by atoms with Gasteiger partial charge in [0.15, 0.2) is 0 Å². The minimum atomic E-state index is -3.55. The van der Waals surface area contributed by atoms with E-state index in [9.17, 15) is 13.2 Å². The van der Waals surface area contributed by atoms with Crippen LogP contribution in [0.2, 0.25) is 0 Å². The predicted octanol–water partition coefficient (Wildman–Crippen LogP) is 4.48. The molecule has 0 unspecified atom stereocenters. The standard InChI is InChI=1S/C20H24BrNO4S/c1-4-27(24,25)26-17-11-9-16(10-12-17)14-22(13-15(2)3)20(23)18-7-5-6-8-19(18)21/h5-12,15H,4,13-14H2,1-3H3. The number of rotatable bonds is 8. The van der Waals surface area contributed by atoms with Gasteiger partial charge in [-0.3, -0.25) is 4.79 Å². The Kier molecular flexibility index (Phi) is 7.44. The van der Waals surface area contributed by atoms with Gasteiger partial charge in [-0.1, -0.05) is 38.1 Å². The summed E-state index contributed by atoms with van der Waals surface area (Å²) in [6.07, 6.45) is 0. The molecule has 2 rings (SSSR count). The van der Waals surface area contributed by atoms with E-state index in [1.165, 1.54) is 6.92 Å². The van der Waals surface area contributed by atoms with E-state index >= 15 is 0 Å². The molecule has 0 bridgehead atoms. The Balaban J connectivity index is 2.19. The van der Waals surface area contributed by atoms with E-state index in [0.717, 1.165) is 10.0 Å². The zero-order valence-electron chi connectivity index (χ0n) is 15.7. The molecular weight excluding hydrogens is 430 g/mol. The topological polar surface area (TPSA) is 63.7 Å². The molecule has 7 heteroatoms.